The molecule has 0 radical (unpaired) electrons. The molecule has 4 rings (SSSR count). The van der Waals surface area contributed by atoms with E-state index in [1.807, 2.05) is 6.07 Å². The number of rotatable bonds is 4. The quantitative estimate of drug-likeness (QED) is 0.645. The third-order valence-corrected chi connectivity index (χ3v) is 5.95. The topological polar surface area (TPSA) is 108 Å². The van der Waals surface area contributed by atoms with Gasteiger partial charge >= 0.3 is 0 Å². The molecule has 2 fully saturated rings. The molecule has 2 atom stereocenters. The maximum Gasteiger partial charge on any atom is 0.262 e. The van der Waals surface area contributed by atoms with Crippen LogP contribution in [0.25, 0.3) is 0 Å². The highest BCUT2D eigenvalue weighted by molar-refractivity contribution is 6.23. The fourth-order valence-electron chi connectivity index (χ4n) is 4.44. The van der Waals surface area contributed by atoms with E-state index in [4.69, 9.17) is 0 Å². The van der Waals surface area contributed by atoms with E-state index in [0.717, 1.165) is 29.8 Å². The van der Waals surface area contributed by atoms with E-state index in [0.29, 0.717) is 23.7 Å². The highest BCUT2D eigenvalue weighted by Gasteiger charge is 2.44. The molecule has 4 amide bonds. The first kappa shape index (κ1) is 19.7. The molecule has 8 heteroatoms. The fraction of sp³-hybridized carbons (Fsp3) is 0.524. The molecular weight excluding hydrogens is 372 g/mol. The third kappa shape index (κ3) is 3.82. The Hall–Kier alpha value is -2.58. The lowest BCUT2D eigenvalue weighted by atomic mass is 9.89. The van der Waals surface area contributed by atoms with Gasteiger partial charge in [0.15, 0.2) is 0 Å². The summed E-state index contributed by atoms with van der Waals surface area (Å²) in [4.78, 5) is 50.1. The number of piperidine rings is 2. The average molecular weight is 398 g/mol. The molecule has 0 bridgehead atoms. The van der Waals surface area contributed by atoms with Crippen LogP contribution in [0.1, 0.15) is 65.8 Å². The summed E-state index contributed by atoms with van der Waals surface area (Å²) in [7, 11) is 0. The van der Waals surface area contributed by atoms with E-state index in [9.17, 15) is 19.2 Å². The summed E-state index contributed by atoms with van der Waals surface area (Å²) in [5.74, 6) is -1.91. The monoisotopic (exact) mass is 398 g/mol. The number of nitrogens with zero attached hydrogens (tertiary/aromatic N) is 1. The van der Waals surface area contributed by atoms with Crippen LogP contribution in [0.5, 0.6) is 0 Å². The Morgan fingerprint density at radius 3 is 2.59 bits per heavy atom. The zero-order chi connectivity index (χ0) is 20.8. The van der Waals surface area contributed by atoms with Crippen LogP contribution in [0.2, 0.25) is 0 Å². The van der Waals surface area contributed by atoms with Crippen LogP contribution in [-0.4, -0.2) is 52.7 Å². The van der Waals surface area contributed by atoms with E-state index in [-0.39, 0.29) is 24.3 Å². The van der Waals surface area contributed by atoms with Crippen LogP contribution < -0.4 is 16.0 Å². The Morgan fingerprint density at radius 1 is 1.10 bits per heavy atom. The molecule has 3 heterocycles. The van der Waals surface area contributed by atoms with E-state index in [1.54, 1.807) is 12.1 Å². The highest BCUT2D eigenvalue weighted by atomic mass is 16.2. The molecule has 3 N–H and O–H groups in total. The summed E-state index contributed by atoms with van der Waals surface area (Å²) >= 11 is 0. The van der Waals surface area contributed by atoms with Gasteiger partial charge in [0.25, 0.3) is 11.8 Å². The summed E-state index contributed by atoms with van der Waals surface area (Å²) in [6.07, 6.45) is 2.33. The molecule has 0 saturated carbocycles. The molecule has 3 aliphatic heterocycles. The lowest BCUT2D eigenvalue weighted by Crippen LogP contribution is -2.54. The lowest BCUT2D eigenvalue weighted by molar-refractivity contribution is -0.136. The van der Waals surface area contributed by atoms with Gasteiger partial charge in [0.05, 0.1) is 11.1 Å². The molecule has 2 unspecified atom stereocenters. The molecule has 1 aromatic carbocycles. The average Bonchev–Trinajstić information content (AvgIpc) is 2.90. The minimum absolute atomic E-state index is 0.0959. The molecule has 2 saturated heterocycles. The number of benzene rings is 1. The predicted octanol–water partition coefficient (Wildman–Crippen LogP) is 0.708. The first-order valence-electron chi connectivity index (χ1n) is 10.1. The van der Waals surface area contributed by atoms with Crippen LogP contribution in [-0.2, 0) is 16.1 Å². The molecule has 29 heavy (non-hydrogen) atoms. The Kier molecular flexibility index (Phi) is 5.00. The van der Waals surface area contributed by atoms with Gasteiger partial charge in [-0.2, -0.15) is 0 Å². The van der Waals surface area contributed by atoms with Crippen molar-refractivity contribution < 1.29 is 19.2 Å². The maximum atomic E-state index is 12.9. The second-order valence-electron chi connectivity index (χ2n) is 8.71. The molecule has 0 aromatic heterocycles. The molecule has 3 aliphatic rings. The van der Waals surface area contributed by atoms with Gasteiger partial charge in [-0.25, -0.2) is 0 Å². The largest absolute Gasteiger partial charge is 0.312 e. The maximum absolute atomic E-state index is 12.9. The summed E-state index contributed by atoms with van der Waals surface area (Å²) in [5, 5.41) is 9.25. The van der Waals surface area contributed by atoms with Crippen LogP contribution in [0.15, 0.2) is 18.2 Å². The summed E-state index contributed by atoms with van der Waals surface area (Å²) in [5.41, 5.74) is 1.65. The molecule has 154 valence electrons. The summed E-state index contributed by atoms with van der Waals surface area (Å²) in [6, 6.07) is 4.69. The second-order valence-corrected chi connectivity index (χ2v) is 8.71. The first-order chi connectivity index (χ1) is 13.7. The third-order valence-electron chi connectivity index (χ3n) is 5.95. The molecule has 0 aliphatic carbocycles. The van der Waals surface area contributed by atoms with Gasteiger partial charge in [-0.1, -0.05) is 6.07 Å². The van der Waals surface area contributed by atoms with Crippen molar-refractivity contribution in [3.8, 4) is 0 Å². The Bertz CT molecular complexity index is 895. The molecule has 8 nitrogen and oxygen atoms in total. The number of nitrogens with one attached hydrogen (secondary N) is 3. The number of fused-ring (bicyclic) bond motifs is 1. The van der Waals surface area contributed by atoms with Crippen molar-refractivity contribution >= 4 is 23.6 Å². The minimum Gasteiger partial charge on any atom is -0.312 e. The van der Waals surface area contributed by atoms with E-state index >= 15 is 0 Å². The van der Waals surface area contributed by atoms with Crippen molar-refractivity contribution in [2.75, 3.05) is 6.54 Å². The van der Waals surface area contributed by atoms with Crippen molar-refractivity contribution in [1.29, 1.82) is 0 Å². The van der Waals surface area contributed by atoms with Crippen LogP contribution in [0.3, 0.4) is 0 Å². The van der Waals surface area contributed by atoms with Crippen LogP contribution >= 0.6 is 0 Å². The van der Waals surface area contributed by atoms with Gasteiger partial charge in [0.2, 0.25) is 11.8 Å². The van der Waals surface area contributed by atoms with Crippen molar-refractivity contribution in [1.82, 2.24) is 20.9 Å². The van der Waals surface area contributed by atoms with Crippen LogP contribution in [0, 0.1) is 0 Å². The number of amides is 4. The zero-order valence-electron chi connectivity index (χ0n) is 16.7. The zero-order valence-corrected chi connectivity index (χ0v) is 16.7. The van der Waals surface area contributed by atoms with Gasteiger partial charge in [0, 0.05) is 24.5 Å². The summed E-state index contributed by atoms with van der Waals surface area (Å²) < 4.78 is 0. The number of carbonyl (C=O) groups excluding carboxylic acids is 4. The second kappa shape index (κ2) is 7.35. The number of carbonyl (C=O) groups is 4. The SMILES string of the molecule is CC1(C)CC(NCc2ccc3c(c2)C(=O)N(C2CCC(=O)NC2=O)C3=O)CCN1. The van der Waals surface area contributed by atoms with Crippen LogP contribution in [0.4, 0.5) is 0 Å². The van der Waals surface area contributed by atoms with Crippen molar-refractivity contribution in [2.24, 2.45) is 0 Å². The summed E-state index contributed by atoms with van der Waals surface area (Å²) in [6.45, 7) is 5.94. The van der Waals surface area contributed by atoms with Gasteiger partial charge in [0.1, 0.15) is 6.04 Å². The van der Waals surface area contributed by atoms with Gasteiger partial charge < -0.3 is 10.6 Å². The standard InChI is InChI=1S/C21H26N4O4/c1-21(2)10-13(7-8-23-21)22-11-12-3-4-14-15(9-12)20(29)25(19(14)28)16-5-6-17(26)24-18(16)27/h3-4,9,13,16,22-23H,5-8,10-11H2,1-2H3,(H,24,26,27). The highest BCUT2D eigenvalue weighted by Crippen LogP contribution is 2.28. The Labute approximate surface area is 169 Å². The van der Waals surface area contributed by atoms with E-state index in [1.165, 1.54) is 0 Å². The van der Waals surface area contributed by atoms with Crippen molar-refractivity contribution in [3.63, 3.8) is 0 Å². The van der Waals surface area contributed by atoms with E-state index < -0.39 is 23.8 Å². The van der Waals surface area contributed by atoms with Crippen molar-refractivity contribution in [2.45, 2.75) is 63.7 Å². The molecule has 0 spiro atoms. The smallest absolute Gasteiger partial charge is 0.262 e. The Balaban J connectivity index is 1.47. The predicted molar refractivity (Wildman–Crippen MR) is 105 cm³/mol. The number of hydrogen-bond acceptors (Lipinski definition) is 6. The normalized spacial score (nSPS) is 26.5. The minimum atomic E-state index is -0.932. The van der Waals surface area contributed by atoms with E-state index in [2.05, 4.69) is 29.8 Å². The van der Waals surface area contributed by atoms with Crippen molar-refractivity contribution in [3.05, 3.63) is 34.9 Å². The Morgan fingerprint density at radius 2 is 1.86 bits per heavy atom. The van der Waals surface area contributed by atoms with Gasteiger partial charge in [-0.3, -0.25) is 29.4 Å². The molecule has 1 aromatic rings. The first-order valence-corrected chi connectivity index (χ1v) is 10.1. The fourth-order valence-corrected chi connectivity index (χ4v) is 4.44. The van der Waals surface area contributed by atoms with Gasteiger partial charge in [-0.05, 0) is 57.4 Å². The van der Waals surface area contributed by atoms with Gasteiger partial charge in [-0.15, -0.1) is 0 Å². The number of imide groups is 2. The molecular formula is C21H26N4O4. The number of hydrogen-bond donors (Lipinski definition) is 3. The lowest BCUT2D eigenvalue weighted by Gasteiger charge is -2.37.